The Bertz CT molecular complexity index is 301. The van der Waals surface area contributed by atoms with E-state index in [1.807, 2.05) is 0 Å². The Morgan fingerprint density at radius 2 is 2.06 bits per heavy atom. The Hall–Kier alpha value is -0.590. The molecule has 2 unspecified atom stereocenters. The molecule has 96 valence electrons. The van der Waals surface area contributed by atoms with Gasteiger partial charge in [-0.2, -0.15) is 5.26 Å². The summed E-state index contributed by atoms with van der Waals surface area (Å²) in [6.07, 6.45) is 7.44. The van der Waals surface area contributed by atoms with E-state index in [4.69, 9.17) is 0 Å². The summed E-state index contributed by atoms with van der Waals surface area (Å²) in [6.45, 7) is 4.30. The molecule has 2 saturated carbocycles. The van der Waals surface area contributed by atoms with E-state index in [2.05, 4.69) is 37.2 Å². The van der Waals surface area contributed by atoms with Crippen LogP contribution in [0.3, 0.4) is 0 Å². The van der Waals surface area contributed by atoms with E-state index in [1.165, 1.54) is 32.1 Å². The van der Waals surface area contributed by atoms with E-state index < -0.39 is 0 Å². The van der Waals surface area contributed by atoms with Crippen LogP contribution >= 0.6 is 0 Å². The Labute approximate surface area is 105 Å². The Morgan fingerprint density at radius 1 is 1.41 bits per heavy atom. The van der Waals surface area contributed by atoms with E-state index >= 15 is 0 Å². The second-order valence-electron chi connectivity index (χ2n) is 6.17. The minimum Gasteiger partial charge on any atom is -0.301 e. The molecule has 2 atom stereocenters. The molecule has 17 heavy (non-hydrogen) atoms. The Kier molecular flexibility index (Phi) is 3.75. The first-order valence-corrected chi connectivity index (χ1v) is 6.95. The van der Waals surface area contributed by atoms with E-state index in [9.17, 15) is 5.26 Å². The fraction of sp³-hybridized carbons (Fsp3) is 0.929. The van der Waals surface area contributed by atoms with Crippen molar-refractivity contribution in [3.8, 4) is 6.07 Å². The highest BCUT2D eigenvalue weighted by Gasteiger charge is 2.35. The van der Waals surface area contributed by atoms with Gasteiger partial charge in [-0.1, -0.05) is 6.42 Å². The molecule has 0 saturated heterocycles. The zero-order chi connectivity index (χ0) is 12.5. The summed E-state index contributed by atoms with van der Waals surface area (Å²) in [7, 11) is 2.21. The van der Waals surface area contributed by atoms with Crippen LogP contribution in [-0.4, -0.2) is 35.6 Å². The highest BCUT2D eigenvalue weighted by atomic mass is 15.2. The van der Waals surface area contributed by atoms with Crippen LogP contribution < -0.4 is 5.32 Å². The molecule has 0 amide bonds. The van der Waals surface area contributed by atoms with Crippen LogP contribution in [0.2, 0.25) is 0 Å². The van der Waals surface area contributed by atoms with Crippen molar-refractivity contribution in [1.82, 2.24) is 10.2 Å². The largest absolute Gasteiger partial charge is 0.301 e. The standard InChI is InChI=1S/C14H25N3/c1-11(17(3)13-5-4-6-13)9-14(2,10-15)16-12-7-8-12/h11-13,16H,4-9H2,1-3H3. The maximum Gasteiger partial charge on any atom is 0.105 e. The molecule has 2 aliphatic rings. The SMILES string of the molecule is CC(CC(C)(C#N)NC1CC1)N(C)C1CCC1. The molecular formula is C14H25N3. The number of hydrogen-bond donors (Lipinski definition) is 1. The van der Waals surface area contributed by atoms with E-state index in [-0.39, 0.29) is 5.54 Å². The van der Waals surface area contributed by atoms with Crippen molar-refractivity contribution in [2.75, 3.05) is 7.05 Å². The molecule has 0 spiro atoms. The molecule has 2 rings (SSSR count). The van der Waals surface area contributed by atoms with Crippen molar-refractivity contribution in [2.45, 2.75) is 76.0 Å². The van der Waals surface area contributed by atoms with Gasteiger partial charge in [-0.3, -0.25) is 5.32 Å². The molecule has 0 aliphatic heterocycles. The summed E-state index contributed by atoms with van der Waals surface area (Å²) in [5, 5.41) is 12.9. The van der Waals surface area contributed by atoms with Gasteiger partial charge in [-0.05, 0) is 53.0 Å². The Balaban J connectivity index is 1.85. The van der Waals surface area contributed by atoms with E-state index in [1.54, 1.807) is 0 Å². The lowest BCUT2D eigenvalue weighted by molar-refractivity contribution is 0.102. The second kappa shape index (κ2) is 4.96. The zero-order valence-corrected chi connectivity index (χ0v) is 11.4. The van der Waals surface area contributed by atoms with Crippen molar-refractivity contribution in [3.05, 3.63) is 0 Å². The lowest BCUT2D eigenvalue weighted by Gasteiger charge is -2.40. The van der Waals surface area contributed by atoms with Crippen molar-refractivity contribution < 1.29 is 0 Å². The topological polar surface area (TPSA) is 39.1 Å². The maximum absolute atomic E-state index is 9.37. The molecule has 1 N–H and O–H groups in total. The third-order valence-electron chi connectivity index (χ3n) is 4.40. The van der Waals surface area contributed by atoms with Gasteiger partial charge >= 0.3 is 0 Å². The van der Waals surface area contributed by atoms with Crippen molar-refractivity contribution >= 4 is 0 Å². The normalized spacial score (nSPS) is 26.1. The van der Waals surface area contributed by atoms with Crippen LogP contribution in [0.1, 0.15) is 52.4 Å². The first-order chi connectivity index (χ1) is 8.04. The van der Waals surface area contributed by atoms with Crippen molar-refractivity contribution in [2.24, 2.45) is 0 Å². The van der Waals surface area contributed by atoms with Crippen LogP contribution in [0.4, 0.5) is 0 Å². The average molecular weight is 235 g/mol. The van der Waals surface area contributed by atoms with Gasteiger partial charge in [0.2, 0.25) is 0 Å². The van der Waals surface area contributed by atoms with Gasteiger partial charge < -0.3 is 4.90 Å². The predicted octanol–water partition coefficient (Wildman–Crippen LogP) is 2.28. The summed E-state index contributed by atoms with van der Waals surface area (Å²) in [6, 6.07) is 4.31. The van der Waals surface area contributed by atoms with Crippen LogP contribution in [0.15, 0.2) is 0 Å². The fourth-order valence-electron chi connectivity index (χ4n) is 2.70. The van der Waals surface area contributed by atoms with E-state index in [0.29, 0.717) is 12.1 Å². The number of hydrogen-bond acceptors (Lipinski definition) is 3. The summed E-state index contributed by atoms with van der Waals surface area (Å²) >= 11 is 0. The van der Waals surface area contributed by atoms with Crippen LogP contribution in [-0.2, 0) is 0 Å². The summed E-state index contributed by atoms with van der Waals surface area (Å²) < 4.78 is 0. The molecule has 3 nitrogen and oxygen atoms in total. The number of nitrogens with one attached hydrogen (secondary N) is 1. The van der Waals surface area contributed by atoms with Crippen LogP contribution in [0, 0.1) is 11.3 Å². The fourth-order valence-corrected chi connectivity index (χ4v) is 2.70. The molecule has 2 fully saturated rings. The number of nitriles is 1. The molecular weight excluding hydrogens is 210 g/mol. The zero-order valence-electron chi connectivity index (χ0n) is 11.4. The maximum atomic E-state index is 9.37. The van der Waals surface area contributed by atoms with Crippen LogP contribution in [0.25, 0.3) is 0 Å². The third-order valence-corrected chi connectivity index (χ3v) is 4.40. The van der Waals surface area contributed by atoms with Gasteiger partial charge in [0.1, 0.15) is 5.54 Å². The minimum atomic E-state index is -0.349. The smallest absolute Gasteiger partial charge is 0.105 e. The number of rotatable bonds is 6. The quantitative estimate of drug-likeness (QED) is 0.767. The second-order valence-corrected chi connectivity index (χ2v) is 6.17. The van der Waals surface area contributed by atoms with Gasteiger partial charge in [0.15, 0.2) is 0 Å². The molecule has 0 radical (unpaired) electrons. The molecule has 0 aromatic rings. The van der Waals surface area contributed by atoms with Crippen molar-refractivity contribution in [3.63, 3.8) is 0 Å². The minimum absolute atomic E-state index is 0.349. The molecule has 0 aromatic heterocycles. The first-order valence-electron chi connectivity index (χ1n) is 6.95. The van der Waals surface area contributed by atoms with Gasteiger partial charge in [0.05, 0.1) is 6.07 Å². The van der Waals surface area contributed by atoms with E-state index in [0.717, 1.165) is 12.5 Å². The number of nitrogens with zero attached hydrogens (tertiary/aromatic N) is 2. The molecule has 3 heteroatoms. The average Bonchev–Trinajstić information content (AvgIpc) is 2.98. The summed E-state index contributed by atoms with van der Waals surface area (Å²) in [5.41, 5.74) is -0.349. The molecule has 2 aliphatic carbocycles. The third kappa shape index (κ3) is 3.20. The van der Waals surface area contributed by atoms with Gasteiger partial charge in [-0.15, -0.1) is 0 Å². The van der Waals surface area contributed by atoms with Gasteiger partial charge in [0.25, 0.3) is 0 Å². The van der Waals surface area contributed by atoms with Crippen molar-refractivity contribution in [1.29, 1.82) is 5.26 Å². The summed E-state index contributed by atoms with van der Waals surface area (Å²) in [4.78, 5) is 2.47. The first kappa shape index (κ1) is 12.9. The lowest BCUT2D eigenvalue weighted by atomic mass is 9.88. The molecule has 0 bridgehead atoms. The lowest BCUT2D eigenvalue weighted by Crippen LogP contribution is -2.50. The van der Waals surface area contributed by atoms with Gasteiger partial charge in [-0.25, -0.2) is 0 Å². The molecule has 0 aromatic carbocycles. The molecule has 0 heterocycles. The Morgan fingerprint density at radius 3 is 2.47 bits per heavy atom. The van der Waals surface area contributed by atoms with Gasteiger partial charge in [0, 0.05) is 18.1 Å². The monoisotopic (exact) mass is 235 g/mol. The summed E-state index contributed by atoms with van der Waals surface area (Å²) in [5.74, 6) is 0. The predicted molar refractivity (Wildman–Crippen MR) is 69.7 cm³/mol. The highest BCUT2D eigenvalue weighted by Crippen LogP contribution is 2.29. The highest BCUT2D eigenvalue weighted by molar-refractivity contribution is 5.08. The van der Waals surface area contributed by atoms with Crippen LogP contribution in [0.5, 0.6) is 0 Å².